The molecule has 24 heavy (non-hydrogen) atoms. The van der Waals surface area contributed by atoms with Crippen LogP contribution in [0.25, 0.3) is 0 Å². The molecule has 6 heteroatoms. The molecule has 1 N–H and O–H groups in total. The van der Waals surface area contributed by atoms with Gasteiger partial charge in [0.2, 0.25) is 0 Å². The standard InChI is InChI=1S/C18H28N2O4/c1-5-24-16-7-6-15(10-17(16)23-4)18(22)20-9-8-19(12-14(3)21)13(2)11-20/h6-7,10,13-14,21H,5,8-9,11-12H2,1-4H3. The zero-order valence-electron chi connectivity index (χ0n) is 15.0. The summed E-state index contributed by atoms with van der Waals surface area (Å²) in [7, 11) is 1.57. The Labute approximate surface area is 144 Å². The van der Waals surface area contributed by atoms with Crippen molar-refractivity contribution < 1.29 is 19.4 Å². The topological polar surface area (TPSA) is 62.2 Å². The number of piperazine rings is 1. The van der Waals surface area contributed by atoms with Crippen LogP contribution in [-0.4, -0.2) is 72.9 Å². The number of rotatable bonds is 6. The summed E-state index contributed by atoms with van der Waals surface area (Å²) in [5.74, 6) is 1.22. The normalized spacial score (nSPS) is 19.9. The SMILES string of the molecule is CCOc1ccc(C(=O)N2CCN(CC(C)O)C(C)C2)cc1OC. The Morgan fingerprint density at radius 3 is 2.71 bits per heavy atom. The van der Waals surface area contributed by atoms with Crippen LogP contribution in [0.1, 0.15) is 31.1 Å². The molecule has 134 valence electrons. The fourth-order valence-corrected chi connectivity index (χ4v) is 3.05. The van der Waals surface area contributed by atoms with Crippen molar-refractivity contribution in [2.75, 3.05) is 39.9 Å². The predicted molar refractivity (Wildman–Crippen MR) is 92.8 cm³/mol. The summed E-state index contributed by atoms with van der Waals surface area (Å²) in [5.41, 5.74) is 0.603. The lowest BCUT2D eigenvalue weighted by atomic mass is 10.1. The van der Waals surface area contributed by atoms with Crippen molar-refractivity contribution in [3.8, 4) is 11.5 Å². The lowest BCUT2D eigenvalue weighted by molar-refractivity contribution is 0.0365. The predicted octanol–water partition coefficient (Wildman–Crippen LogP) is 1.62. The summed E-state index contributed by atoms with van der Waals surface area (Å²) in [5, 5.41) is 9.55. The smallest absolute Gasteiger partial charge is 0.254 e. The first-order valence-corrected chi connectivity index (χ1v) is 8.48. The largest absolute Gasteiger partial charge is 0.493 e. The van der Waals surface area contributed by atoms with E-state index >= 15 is 0 Å². The van der Waals surface area contributed by atoms with Crippen LogP contribution in [0.2, 0.25) is 0 Å². The van der Waals surface area contributed by atoms with E-state index in [0.29, 0.717) is 43.3 Å². The van der Waals surface area contributed by atoms with Gasteiger partial charge in [-0.3, -0.25) is 9.69 Å². The highest BCUT2D eigenvalue weighted by Gasteiger charge is 2.28. The molecular formula is C18H28N2O4. The van der Waals surface area contributed by atoms with E-state index in [1.807, 2.05) is 11.8 Å². The third kappa shape index (κ3) is 4.39. The minimum Gasteiger partial charge on any atom is -0.493 e. The molecule has 0 aliphatic carbocycles. The highest BCUT2D eigenvalue weighted by Crippen LogP contribution is 2.28. The third-order valence-electron chi connectivity index (χ3n) is 4.26. The molecule has 1 aromatic carbocycles. The minimum atomic E-state index is -0.356. The Morgan fingerprint density at radius 2 is 2.12 bits per heavy atom. The van der Waals surface area contributed by atoms with Crippen molar-refractivity contribution in [2.45, 2.75) is 32.9 Å². The fourth-order valence-electron chi connectivity index (χ4n) is 3.05. The Hall–Kier alpha value is -1.79. The van der Waals surface area contributed by atoms with Crippen LogP contribution in [0.3, 0.4) is 0 Å². The van der Waals surface area contributed by atoms with Crippen molar-refractivity contribution in [3.05, 3.63) is 23.8 Å². The summed E-state index contributed by atoms with van der Waals surface area (Å²) in [6.45, 7) is 9.05. The minimum absolute atomic E-state index is 0.0000968. The van der Waals surface area contributed by atoms with Crippen LogP contribution in [0, 0.1) is 0 Å². The lowest BCUT2D eigenvalue weighted by Crippen LogP contribution is -2.54. The zero-order valence-corrected chi connectivity index (χ0v) is 15.0. The van der Waals surface area contributed by atoms with E-state index in [0.717, 1.165) is 6.54 Å². The number of ether oxygens (including phenoxy) is 2. The number of aliphatic hydroxyl groups is 1. The Kier molecular flexibility index (Phi) is 6.45. The number of benzene rings is 1. The number of carbonyl (C=O) groups is 1. The van der Waals surface area contributed by atoms with Crippen LogP contribution in [0.4, 0.5) is 0 Å². The maximum Gasteiger partial charge on any atom is 0.254 e. The molecule has 2 atom stereocenters. The number of methoxy groups -OCH3 is 1. The van der Waals surface area contributed by atoms with Gasteiger partial charge in [0.1, 0.15) is 0 Å². The van der Waals surface area contributed by atoms with Crippen molar-refractivity contribution in [3.63, 3.8) is 0 Å². The molecular weight excluding hydrogens is 308 g/mol. The van der Waals surface area contributed by atoms with Crippen LogP contribution < -0.4 is 9.47 Å². The first kappa shape index (κ1) is 18.5. The fraction of sp³-hybridized carbons (Fsp3) is 0.611. The monoisotopic (exact) mass is 336 g/mol. The van der Waals surface area contributed by atoms with E-state index in [1.165, 1.54) is 0 Å². The number of nitrogens with zero attached hydrogens (tertiary/aromatic N) is 2. The number of carbonyl (C=O) groups excluding carboxylic acids is 1. The molecule has 1 aliphatic heterocycles. The quantitative estimate of drug-likeness (QED) is 0.855. The summed E-state index contributed by atoms with van der Waals surface area (Å²) in [6, 6.07) is 5.52. The molecule has 0 aromatic heterocycles. The van der Waals surface area contributed by atoms with E-state index in [-0.39, 0.29) is 18.1 Å². The van der Waals surface area contributed by atoms with Gasteiger partial charge in [0.25, 0.3) is 5.91 Å². The van der Waals surface area contributed by atoms with Crippen molar-refractivity contribution >= 4 is 5.91 Å². The van der Waals surface area contributed by atoms with Crippen molar-refractivity contribution in [1.29, 1.82) is 0 Å². The molecule has 2 unspecified atom stereocenters. The van der Waals surface area contributed by atoms with E-state index in [2.05, 4.69) is 11.8 Å². The average molecular weight is 336 g/mol. The van der Waals surface area contributed by atoms with Gasteiger partial charge >= 0.3 is 0 Å². The molecule has 0 saturated carbocycles. The van der Waals surface area contributed by atoms with Gasteiger partial charge in [-0.1, -0.05) is 0 Å². The molecule has 1 aliphatic rings. The van der Waals surface area contributed by atoms with Gasteiger partial charge in [0.15, 0.2) is 11.5 Å². The molecule has 1 heterocycles. The van der Waals surface area contributed by atoms with E-state index in [9.17, 15) is 9.90 Å². The second-order valence-corrected chi connectivity index (χ2v) is 6.24. The zero-order chi connectivity index (χ0) is 17.7. The van der Waals surface area contributed by atoms with Crippen LogP contribution >= 0.6 is 0 Å². The van der Waals surface area contributed by atoms with Crippen LogP contribution in [-0.2, 0) is 0 Å². The second-order valence-electron chi connectivity index (χ2n) is 6.24. The molecule has 0 radical (unpaired) electrons. The second kappa shape index (κ2) is 8.35. The van der Waals surface area contributed by atoms with Crippen molar-refractivity contribution in [2.24, 2.45) is 0 Å². The Bertz CT molecular complexity index is 562. The van der Waals surface area contributed by atoms with E-state index in [1.54, 1.807) is 32.2 Å². The highest BCUT2D eigenvalue weighted by molar-refractivity contribution is 5.95. The van der Waals surface area contributed by atoms with Crippen LogP contribution in [0.5, 0.6) is 11.5 Å². The average Bonchev–Trinajstić information content (AvgIpc) is 2.56. The first-order valence-electron chi connectivity index (χ1n) is 8.48. The number of β-amino-alcohol motifs (C(OH)–C–C–N with tert-alkyl or cyclic N) is 1. The molecule has 1 amide bonds. The number of hydrogen-bond donors (Lipinski definition) is 1. The molecule has 1 saturated heterocycles. The van der Waals surface area contributed by atoms with Gasteiger partial charge in [-0.25, -0.2) is 0 Å². The first-order chi connectivity index (χ1) is 11.5. The highest BCUT2D eigenvalue weighted by atomic mass is 16.5. The third-order valence-corrected chi connectivity index (χ3v) is 4.26. The Balaban J connectivity index is 2.07. The maximum absolute atomic E-state index is 12.8. The number of hydrogen-bond acceptors (Lipinski definition) is 5. The van der Waals surface area contributed by atoms with Crippen LogP contribution in [0.15, 0.2) is 18.2 Å². The number of amides is 1. The molecule has 0 bridgehead atoms. The molecule has 6 nitrogen and oxygen atoms in total. The summed E-state index contributed by atoms with van der Waals surface area (Å²) < 4.78 is 10.8. The van der Waals surface area contributed by atoms with Gasteiger partial charge in [0.05, 0.1) is 19.8 Å². The summed E-state index contributed by atoms with van der Waals surface area (Å²) in [6.07, 6.45) is -0.356. The van der Waals surface area contributed by atoms with Gasteiger partial charge < -0.3 is 19.5 Å². The van der Waals surface area contributed by atoms with Gasteiger partial charge in [0, 0.05) is 37.8 Å². The summed E-state index contributed by atoms with van der Waals surface area (Å²) in [4.78, 5) is 16.8. The van der Waals surface area contributed by atoms with E-state index in [4.69, 9.17) is 9.47 Å². The molecule has 1 fully saturated rings. The molecule has 2 rings (SSSR count). The Morgan fingerprint density at radius 1 is 1.38 bits per heavy atom. The van der Waals surface area contributed by atoms with E-state index < -0.39 is 0 Å². The lowest BCUT2D eigenvalue weighted by Gasteiger charge is -2.40. The maximum atomic E-state index is 12.8. The molecule has 0 spiro atoms. The molecule has 1 aromatic rings. The number of aliphatic hydroxyl groups excluding tert-OH is 1. The van der Waals surface area contributed by atoms with Gasteiger partial charge in [-0.15, -0.1) is 0 Å². The summed E-state index contributed by atoms with van der Waals surface area (Å²) >= 11 is 0. The van der Waals surface area contributed by atoms with Gasteiger partial charge in [-0.05, 0) is 39.0 Å². The van der Waals surface area contributed by atoms with Gasteiger partial charge in [-0.2, -0.15) is 0 Å². The van der Waals surface area contributed by atoms with Crippen molar-refractivity contribution in [1.82, 2.24) is 9.80 Å².